The summed E-state index contributed by atoms with van der Waals surface area (Å²) in [5.41, 5.74) is 2.09. The highest BCUT2D eigenvalue weighted by atomic mass is 35.5. The van der Waals surface area contributed by atoms with Crippen LogP contribution in [0.1, 0.15) is 17.2 Å². The Hall–Kier alpha value is -1.36. The lowest BCUT2D eigenvalue weighted by atomic mass is 9.99. The maximum Gasteiger partial charge on any atom is 0.175 e. The SMILES string of the molecule is CNC(Cc1ccccc1Cl)c1ccc(S(C)(=O)=O)cc1. The second kappa shape index (κ2) is 6.60. The van der Waals surface area contributed by atoms with Crippen LogP contribution in [0.25, 0.3) is 0 Å². The predicted octanol–water partition coefficient (Wildman–Crippen LogP) is 3.25. The van der Waals surface area contributed by atoms with Crippen molar-refractivity contribution in [3.05, 3.63) is 64.7 Å². The zero-order valence-electron chi connectivity index (χ0n) is 12.0. The molecule has 1 N–H and O–H groups in total. The third-order valence-electron chi connectivity index (χ3n) is 3.44. The minimum atomic E-state index is -3.16. The van der Waals surface area contributed by atoms with Crippen molar-refractivity contribution in [2.75, 3.05) is 13.3 Å². The molecule has 0 aliphatic heterocycles. The van der Waals surface area contributed by atoms with Crippen LogP contribution in [-0.2, 0) is 16.3 Å². The number of rotatable bonds is 5. The van der Waals surface area contributed by atoms with Crippen LogP contribution < -0.4 is 5.32 Å². The van der Waals surface area contributed by atoms with Crippen LogP contribution in [0.3, 0.4) is 0 Å². The first-order chi connectivity index (χ1) is 9.91. The fraction of sp³-hybridized carbons (Fsp3) is 0.250. The van der Waals surface area contributed by atoms with E-state index in [0.717, 1.165) is 22.6 Å². The molecular weight excluding hydrogens is 306 g/mol. The van der Waals surface area contributed by atoms with Gasteiger partial charge in [-0.2, -0.15) is 0 Å². The Bertz CT molecular complexity index is 711. The zero-order valence-corrected chi connectivity index (χ0v) is 13.6. The second-order valence-corrected chi connectivity index (χ2v) is 7.40. The van der Waals surface area contributed by atoms with Gasteiger partial charge in [0.05, 0.1) is 4.90 Å². The lowest BCUT2D eigenvalue weighted by molar-refractivity contribution is 0.590. The van der Waals surface area contributed by atoms with Gasteiger partial charge in [0.1, 0.15) is 0 Å². The van der Waals surface area contributed by atoms with E-state index >= 15 is 0 Å². The molecule has 5 heteroatoms. The molecule has 2 aromatic rings. The maximum absolute atomic E-state index is 11.5. The molecule has 0 heterocycles. The number of sulfone groups is 1. The summed E-state index contributed by atoms with van der Waals surface area (Å²) >= 11 is 6.19. The van der Waals surface area contributed by atoms with Gasteiger partial charge in [-0.25, -0.2) is 8.42 Å². The molecular formula is C16H18ClNO2S. The quantitative estimate of drug-likeness (QED) is 0.918. The molecule has 0 aliphatic rings. The summed E-state index contributed by atoms with van der Waals surface area (Å²) in [6.07, 6.45) is 1.95. The second-order valence-electron chi connectivity index (χ2n) is 4.98. The van der Waals surface area contributed by atoms with Gasteiger partial charge in [-0.05, 0) is 42.8 Å². The highest BCUT2D eigenvalue weighted by Gasteiger charge is 2.13. The Kier molecular flexibility index (Phi) is 5.04. The Labute approximate surface area is 130 Å². The van der Waals surface area contributed by atoms with Gasteiger partial charge in [0.25, 0.3) is 0 Å². The van der Waals surface area contributed by atoms with E-state index in [2.05, 4.69) is 5.32 Å². The highest BCUT2D eigenvalue weighted by Crippen LogP contribution is 2.24. The van der Waals surface area contributed by atoms with E-state index in [1.807, 2.05) is 43.4 Å². The minimum absolute atomic E-state index is 0.0820. The van der Waals surface area contributed by atoms with Crippen LogP contribution in [0.15, 0.2) is 53.4 Å². The summed E-state index contributed by atoms with van der Waals surface area (Å²) in [7, 11) is -1.28. The van der Waals surface area contributed by atoms with E-state index in [9.17, 15) is 8.42 Å². The molecule has 2 aromatic carbocycles. The molecule has 3 nitrogen and oxygen atoms in total. The normalized spacial score (nSPS) is 13.1. The number of benzene rings is 2. The van der Waals surface area contributed by atoms with Crippen LogP contribution in [0.2, 0.25) is 5.02 Å². The Morgan fingerprint density at radius 3 is 2.24 bits per heavy atom. The Morgan fingerprint density at radius 2 is 1.71 bits per heavy atom. The third-order valence-corrected chi connectivity index (χ3v) is 4.94. The molecule has 1 atom stereocenters. The number of hydrogen-bond donors (Lipinski definition) is 1. The smallest absolute Gasteiger partial charge is 0.175 e. The molecule has 1 unspecified atom stereocenters. The van der Waals surface area contributed by atoms with Gasteiger partial charge < -0.3 is 5.32 Å². The van der Waals surface area contributed by atoms with Crippen molar-refractivity contribution in [2.24, 2.45) is 0 Å². The van der Waals surface area contributed by atoms with Crippen molar-refractivity contribution in [1.82, 2.24) is 5.32 Å². The van der Waals surface area contributed by atoms with Crippen molar-refractivity contribution in [2.45, 2.75) is 17.4 Å². The van der Waals surface area contributed by atoms with Crippen molar-refractivity contribution in [3.63, 3.8) is 0 Å². The molecule has 0 fully saturated rings. The molecule has 0 aromatic heterocycles. The van der Waals surface area contributed by atoms with Crippen LogP contribution in [0.4, 0.5) is 0 Å². The highest BCUT2D eigenvalue weighted by molar-refractivity contribution is 7.90. The molecule has 21 heavy (non-hydrogen) atoms. The summed E-state index contributed by atoms with van der Waals surface area (Å²) in [5.74, 6) is 0. The molecule has 0 radical (unpaired) electrons. The van der Waals surface area contributed by atoms with Crippen LogP contribution in [-0.4, -0.2) is 21.7 Å². The molecule has 0 aliphatic carbocycles. The lowest BCUT2D eigenvalue weighted by Gasteiger charge is -2.18. The van der Waals surface area contributed by atoms with Gasteiger partial charge >= 0.3 is 0 Å². The summed E-state index contributed by atoms with van der Waals surface area (Å²) in [5, 5.41) is 3.99. The molecule has 0 spiro atoms. The van der Waals surface area contributed by atoms with Gasteiger partial charge in [0, 0.05) is 17.3 Å². The summed E-state index contributed by atoms with van der Waals surface area (Å²) in [4.78, 5) is 0.332. The first-order valence-corrected chi connectivity index (χ1v) is 8.89. The first-order valence-electron chi connectivity index (χ1n) is 6.62. The number of likely N-dealkylation sites (N-methyl/N-ethyl adjacent to an activating group) is 1. The van der Waals surface area contributed by atoms with Crippen molar-refractivity contribution < 1.29 is 8.42 Å². The van der Waals surface area contributed by atoms with Gasteiger partial charge in [-0.3, -0.25) is 0 Å². The van der Waals surface area contributed by atoms with Gasteiger partial charge in [-0.1, -0.05) is 41.9 Å². The monoisotopic (exact) mass is 323 g/mol. The van der Waals surface area contributed by atoms with Crippen LogP contribution >= 0.6 is 11.6 Å². The van der Waals surface area contributed by atoms with Crippen LogP contribution in [0, 0.1) is 0 Å². The molecule has 0 bridgehead atoms. The Morgan fingerprint density at radius 1 is 1.10 bits per heavy atom. The number of halogens is 1. The van der Waals surface area contributed by atoms with E-state index < -0.39 is 9.84 Å². The van der Waals surface area contributed by atoms with E-state index in [4.69, 9.17) is 11.6 Å². The maximum atomic E-state index is 11.5. The zero-order chi connectivity index (χ0) is 15.5. The summed E-state index contributed by atoms with van der Waals surface area (Å²) in [6, 6.07) is 14.8. The largest absolute Gasteiger partial charge is 0.313 e. The minimum Gasteiger partial charge on any atom is -0.313 e. The molecule has 0 amide bonds. The van der Waals surface area contributed by atoms with Crippen molar-refractivity contribution in [1.29, 1.82) is 0 Å². The first kappa shape index (κ1) is 16.0. The predicted molar refractivity (Wildman–Crippen MR) is 86.5 cm³/mol. The molecule has 112 valence electrons. The van der Waals surface area contributed by atoms with Crippen molar-refractivity contribution in [3.8, 4) is 0 Å². The van der Waals surface area contributed by atoms with Crippen LogP contribution in [0.5, 0.6) is 0 Å². The fourth-order valence-corrected chi connectivity index (χ4v) is 3.06. The average molecular weight is 324 g/mol. The third kappa shape index (κ3) is 4.06. The van der Waals surface area contributed by atoms with Crippen molar-refractivity contribution >= 4 is 21.4 Å². The van der Waals surface area contributed by atoms with Gasteiger partial charge in [0.15, 0.2) is 9.84 Å². The topological polar surface area (TPSA) is 46.2 Å². The Balaban J connectivity index is 2.24. The van der Waals surface area contributed by atoms with E-state index in [-0.39, 0.29) is 6.04 Å². The summed E-state index contributed by atoms with van der Waals surface area (Å²) in [6.45, 7) is 0. The van der Waals surface area contributed by atoms with Gasteiger partial charge in [0.2, 0.25) is 0 Å². The van der Waals surface area contributed by atoms with E-state index in [1.165, 1.54) is 6.26 Å². The van der Waals surface area contributed by atoms with E-state index in [1.54, 1.807) is 12.1 Å². The van der Waals surface area contributed by atoms with E-state index in [0.29, 0.717) is 4.90 Å². The average Bonchev–Trinajstić information content (AvgIpc) is 2.46. The van der Waals surface area contributed by atoms with Gasteiger partial charge in [-0.15, -0.1) is 0 Å². The fourth-order valence-electron chi connectivity index (χ4n) is 2.22. The molecule has 2 rings (SSSR count). The summed E-state index contributed by atoms with van der Waals surface area (Å²) < 4.78 is 23.0. The number of nitrogens with one attached hydrogen (secondary N) is 1. The molecule has 0 saturated carbocycles. The standard InChI is InChI=1S/C16H18ClNO2S/c1-18-16(11-13-5-3-4-6-15(13)17)12-7-9-14(10-8-12)21(2,19)20/h3-10,16,18H,11H2,1-2H3. The lowest BCUT2D eigenvalue weighted by Crippen LogP contribution is -2.19. The number of hydrogen-bond acceptors (Lipinski definition) is 3. The molecule has 0 saturated heterocycles.